The van der Waals surface area contributed by atoms with Crippen LogP contribution in [0.15, 0.2) is 30.5 Å². The fourth-order valence-electron chi connectivity index (χ4n) is 2.51. The third-order valence-corrected chi connectivity index (χ3v) is 3.53. The molecule has 0 aliphatic carbocycles. The van der Waals surface area contributed by atoms with Gasteiger partial charge in [0, 0.05) is 23.7 Å². The summed E-state index contributed by atoms with van der Waals surface area (Å²) in [5.74, 6) is 6.42. The number of anilines is 1. The van der Waals surface area contributed by atoms with Crippen LogP contribution < -0.4 is 10.1 Å². The Balaban J connectivity index is 2.10. The molecule has 0 fully saturated rings. The van der Waals surface area contributed by atoms with Gasteiger partial charge in [0.25, 0.3) is 5.91 Å². The molecule has 2 aromatic rings. The van der Waals surface area contributed by atoms with E-state index < -0.39 is 0 Å². The van der Waals surface area contributed by atoms with E-state index in [0.29, 0.717) is 17.7 Å². The molecule has 0 radical (unpaired) electrons. The Hall–Kier alpha value is -2.97. The molecule has 0 bridgehead atoms. The number of nitrogens with one attached hydrogen (secondary N) is 2. The van der Waals surface area contributed by atoms with Crippen LogP contribution >= 0.6 is 0 Å². The minimum atomic E-state index is -0.173. The molecule has 0 unspecified atom stereocenters. The van der Waals surface area contributed by atoms with Crippen LogP contribution in [0.3, 0.4) is 0 Å². The number of aromatic nitrogens is 1. The number of ether oxygens (including phenoxy) is 1. The van der Waals surface area contributed by atoms with Crippen molar-refractivity contribution < 1.29 is 14.6 Å². The first-order valence-corrected chi connectivity index (χ1v) is 7.22. The van der Waals surface area contributed by atoms with Crippen molar-refractivity contribution in [2.45, 2.75) is 6.42 Å². The van der Waals surface area contributed by atoms with Crippen LogP contribution in [0.4, 0.5) is 5.69 Å². The van der Waals surface area contributed by atoms with Gasteiger partial charge < -0.3 is 20.1 Å². The highest BCUT2D eigenvalue weighted by Gasteiger charge is 2.26. The quantitative estimate of drug-likeness (QED) is 0.601. The van der Waals surface area contributed by atoms with Crippen molar-refractivity contribution in [3.05, 3.63) is 47.3 Å². The summed E-state index contributed by atoms with van der Waals surface area (Å²) < 4.78 is 5.27. The molecule has 0 saturated heterocycles. The summed E-state index contributed by atoms with van der Waals surface area (Å²) in [6, 6.07) is 7.36. The number of aromatic amines is 1. The largest absolute Gasteiger partial charge is 0.495 e. The van der Waals surface area contributed by atoms with E-state index >= 15 is 0 Å². The Morgan fingerprint density at radius 3 is 3.00 bits per heavy atom. The highest BCUT2D eigenvalue weighted by Crippen LogP contribution is 2.36. The minimum Gasteiger partial charge on any atom is -0.495 e. The lowest BCUT2D eigenvalue weighted by Crippen LogP contribution is -2.03. The number of amides is 1. The first-order chi connectivity index (χ1) is 11.2. The number of benzene rings is 1. The topological polar surface area (TPSA) is 74.4 Å². The van der Waals surface area contributed by atoms with Gasteiger partial charge in [0.1, 0.15) is 5.75 Å². The fourth-order valence-corrected chi connectivity index (χ4v) is 2.51. The second-order valence-electron chi connectivity index (χ2n) is 4.98. The van der Waals surface area contributed by atoms with E-state index in [-0.39, 0.29) is 12.5 Å². The van der Waals surface area contributed by atoms with E-state index in [2.05, 4.69) is 22.1 Å². The van der Waals surface area contributed by atoms with Crippen LogP contribution in [-0.4, -0.2) is 29.7 Å². The van der Waals surface area contributed by atoms with Crippen molar-refractivity contribution in [2.24, 2.45) is 0 Å². The van der Waals surface area contributed by atoms with Crippen molar-refractivity contribution in [3.63, 3.8) is 0 Å². The predicted molar refractivity (Wildman–Crippen MR) is 88.9 cm³/mol. The summed E-state index contributed by atoms with van der Waals surface area (Å²) in [4.78, 5) is 15.4. The molecule has 0 saturated carbocycles. The molecule has 116 valence electrons. The lowest BCUT2D eigenvalue weighted by Gasteiger charge is -2.03. The monoisotopic (exact) mass is 308 g/mol. The number of aliphatic hydroxyl groups excluding tert-OH is 1. The van der Waals surface area contributed by atoms with E-state index in [1.54, 1.807) is 25.4 Å². The number of hydrogen-bond donors (Lipinski definition) is 3. The first kappa shape index (κ1) is 14.9. The van der Waals surface area contributed by atoms with Gasteiger partial charge in [-0.25, -0.2) is 0 Å². The maximum Gasteiger partial charge on any atom is 0.256 e. The van der Waals surface area contributed by atoms with Crippen LogP contribution in [0.1, 0.15) is 23.2 Å². The van der Waals surface area contributed by atoms with Gasteiger partial charge in [-0.05, 0) is 24.3 Å². The summed E-state index contributed by atoms with van der Waals surface area (Å²) >= 11 is 0. The molecule has 3 N–H and O–H groups in total. The van der Waals surface area contributed by atoms with Gasteiger partial charge in [-0.3, -0.25) is 4.79 Å². The van der Waals surface area contributed by atoms with Gasteiger partial charge in [-0.2, -0.15) is 0 Å². The number of aliphatic hydroxyl groups is 1. The number of H-pyrrole nitrogens is 1. The van der Waals surface area contributed by atoms with Gasteiger partial charge in [0.2, 0.25) is 0 Å². The first-order valence-electron chi connectivity index (χ1n) is 7.22. The Kier molecular flexibility index (Phi) is 4.18. The molecular formula is C18H16N2O3. The number of methoxy groups -OCH3 is 1. The standard InChI is InChI=1S/C18H16N2O3/c1-23-16-8-9-19-15(16)11-13-17-12(5-2-3-10-21)6-4-7-14(17)20-18(13)22/h4,6-9,11,19,21H,3,10H2,1H3,(H,20,22). The van der Waals surface area contributed by atoms with Gasteiger partial charge in [0.05, 0.1) is 30.7 Å². The lowest BCUT2D eigenvalue weighted by atomic mass is 9.99. The summed E-state index contributed by atoms with van der Waals surface area (Å²) in [7, 11) is 1.58. The van der Waals surface area contributed by atoms with Crippen LogP contribution in [-0.2, 0) is 4.79 Å². The molecule has 2 heterocycles. The van der Waals surface area contributed by atoms with Crippen molar-refractivity contribution in [2.75, 3.05) is 19.0 Å². The zero-order valence-electron chi connectivity index (χ0n) is 12.6. The Morgan fingerprint density at radius 2 is 2.22 bits per heavy atom. The summed E-state index contributed by atoms with van der Waals surface area (Å²) in [5, 5.41) is 11.7. The Labute approximate surface area is 134 Å². The molecule has 1 aliphatic heterocycles. The average Bonchev–Trinajstić information content (AvgIpc) is 3.13. The van der Waals surface area contributed by atoms with Crippen LogP contribution in [0.5, 0.6) is 5.75 Å². The summed E-state index contributed by atoms with van der Waals surface area (Å²) in [6.45, 7) is 0.0155. The molecule has 0 spiro atoms. The third-order valence-electron chi connectivity index (χ3n) is 3.53. The van der Waals surface area contributed by atoms with Crippen molar-refractivity contribution in [1.29, 1.82) is 0 Å². The second-order valence-corrected chi connectivity index (χ2v) is 4.98. The van der Waals surface area contributed by atoms with Gasteiger partial charge >= 0.3 is 0 Å². The molecule has 1 aromatic carbocycles. The Bertz CT molecular complexity index is 837. The van der Waals surface area contributed by atoms with Gasteiger partial charge in [-0.15, -0.1) is 0 Å². The number of fused-ring (bicyclic) bond motifs is 1. The van der Waals surface area contributed by atoms with E-state index in [9.17, 15) is 4.79 Å². The molecule has 0 atom stereocenters. The summed E-state index contributed by atoms with van der Waals surface area (Å²) in [6.07, 6.45) is 3.91. The SMILES string of the molecule is COc1cc[nH]c1C=C1C(=O)Nc2cccc(C#CCCO)c21. The third kappa shape index (κ3) is 2.85. The smallest absolute Gasteiger partial charge is 0.256 e. The molecule has 5 nitrogen and oxygen atoms in total. The zero-order chi connectivity index (χ0) is 16.2. The number of rotatable bonds is 3. The number of hydrogen-bond acceptors (Lipinski definition) is 3. The molecule has 5 heteroatoms. The minimum absolute atomic E-state index is 0.0155. The lowest BCUT2D eigenvalue weighted by molar-refractivity contribution is -0.110. The molecule has 3 rings (SSSR count). The maximum atomic E-state index is 12.3. The summed E-state index contributed by atoms with van der Waals surface area (Å²) in [5.41, 5.74) is 3.53. The molecule has 1 aromatic heterocycles. The highest BCUT2D eigenvalue weighted by molar-refractivity contribution is 6.35. The van der Waals surface area contributed by atoms with E-state index in [4.69, 9.17) is 9.84 Å². The van der Waals surface area contributed by atoms with Gasteiger partial charge in [-0.1, -0.05) is 17.9 Å². The second kappa shape index (κ2) is 6.42. The van der Waals surface area contributed by atoms with Crippen molar-refractivity contribution >= 4 is 23.2 Å². The van der Waals surface area contributed by atoms with E-state index in [0.717, 1.165) is 22.5 Å². The van der Waals surface area contributed by atoms with Crippen LogP contribution in [0.25, 0.3) is 11.6 Å². The van der Waals surface area contributed by atoms with Crippen molar-refractivity contribution in [3.8, 4) is 17.6 Å². The van der Waals surface area contributed by atoms with E-state index in [1.807, 2.05) is 18.2 Å². The fraction of sp³-hybridized carbons (Fsp3) is 0.167. The number of carbonyl (C=O) groups is 1. The highest BCUT2D eigenvalue weighted by atomic mass is 16.5. The molecule has 1 amide bonds. The number of carbonyl (C=O) groups excluding carboxylic acids is 1. The molecule has 23 heavy (non-hydrogen) atoms. The van der Waals surface area contributed by atoms with Crippen molar-refractivity contribution in [1.82, 2.24) is 4.98 Å². The normalized spacial score (nSPS) is 14.2. The predicted octanol–water partition coefficient (Wildman–Crippen LogP) is 2.25. The molecular weight excluding hydrogens is 292 g/mol. The van der Waals surface area contributed by atoms with Crippen LogP contribution in [0, 0.1) is 11.8 Å². The maximum absolute atomic E-state index is 12.3. The Morgan fingerprint density at radius 1 is 1.35 bits per heavy atom. The molecule has 1 aliphatic rings. The van der Waals surface area contributed by atoms with E-state index in [1.165, 1.54) is 0 Å². The van der Waals surface area contributed by atoms with Crippen LogP contribution in [0.2, 0.25) is 0 Å². The van der Waals surface area contributed by atoms with Gasteiger partial charge in [0.15, 0.2) is 0 Å². The average molecular weight is 308 g/mol. The zero-order valence-corrected chi connectivity index (χ0v) is 12.6.